The molecular formula is C39H66O4. The molecule has 0 N–H and O–H groups in total. The highest BCUT2D eigenvalue weighted by Gasteiger charge is 2.59. The van der Waals surface area contributed by atoms with Crippen molar-refractivity contribution in [3.05, 3.63) is 11.6 Å². The third-order valence-corrected chi connectivity index (χ3v) is 13.8. The summed E-state index contributed by atoms with van der Waals surface area (Å²) < 4.78 is 24.6. The lowest BCUT2D eigenvalue weighted by atomic mass is 9.47. The lowest BCUT2D eigenvalue weighted by molar-refractivity contribution is -0.217. The van der Waals surface area contributed by atoms with E-state index in [1.54, 1.807) is 5.57 Å². The number of rotatable bonds is 11. The number of ether oxygens (including phenoxy) is 4. The summed E-state index contributed by atoms with van der Waals surface area (Å²) >= 11 is 0. The highest BCUT2D eigenvalue weighted by atomic mass is 16.7. The van der Waals surface area contributed by atoms with Gasteiger partial charge in [-0.1, -0.05) is 58.1 Å². The van der Waals surface area contributed by atoms with Crippen LogP contribution in [0.25, 0.3) is 0 Å². The second-order valence-corrected chi connectivity index (χ2v) is 17.0. The molecule has 0 amide bonds. The zero-order valence-corrected chi connectivity index (χ0v) is 28.7. The molecule has 6 aliphatic rings. The molecule has 0 radical (unpaired) electrons. The topological polar surface area (TPSA) is 36.9 Å². The fraction of sp³-hybridized carbons (Fsp3) is 0.949. The normalized spacial score (nSPS) is 42.4. The van der Waals surface area contributed by atoms with E-state index in [9.17, 15) is 0 Å². The highest BCUT2D eigenvalue weighted by Crippen LogP contribution is 2.67. The van der Waals surface area contributed by atoms with Gasteiger partial charge >= 0.3 is 0 Å². The van der Waals surface area contributed by atoms with Crippen LogP contribution in [-0.4, -0.2) is 37.5 Å². The van der Waals surface area contributed by atoms with Gasteiger partial charge in [-0.25, -0.2) is 0 Å². The SMILES string of the molecule is C[C@H](CCCCCC(C)(C)OC1CCCCO1)[C@H]1CC[C@H]2[C@@H]3CC=C4C[C@@H](OC5CCCCO5)CC[C@]4(C)[C@H]3CC[C@]12C. The van der Waals surface area contributed by atoms with Gasteiger partial charge in [0.05, 0.1) is 11.7 Å². The Labute approximate surface area is 264 Å². The minimum Gasteiger partial charge on any atom is -0.353 e. The van der Waals surface area contributed by atoms with Crippen LogP contribution in [0, 0.1) is 40.4 Å². The molecule has 2 saturated heterocycles. The Kier molecular flexibility index (Phi) is 10.4. The van der Waals surface area contributed by atoms with Gasteiger partial charge < -0.3 is 18.9 Å². The molecule has 0 aromatic rings. The van der Waals surface area contributed by atoms with Gasteiger partial charge in [-0.15, -0.1) is 0 Å². The fourth-order valence-electron chi connectivity index (χ4n) is 11.4. The van der Waals surface area contributed by atoms with Gasteiger partial charge in [0.2, 0.25) is 0 Å². The summed E-state index contributed by atoms with van der Waals surface area (Å²) in [5.74, 6) is 4.49. The lowest BCUT2D eigenvalue weighted by Gasteiger charge is -2.58. The molecule has 2 unspecified atom stereocenters. The van der Waals surface area contributed by atoms with E-state index >= 15 is 0 Å². The Morgan fingerprint density at radius 3 is 2.37 bits per heavy atom. The molecule has 10 atom stereocenters. The largest absolute Gasteiger partial charge is 0.353 e. The first-order valence-corrected chi connectivity index (χ1v) is 18.9. The molecule has 4 heteroatoms. The average molecular weight is 599 g/mol. The van der Waals surface area contributed by atoms with Crippen molar-refractivity contribution in [2.75, 3.05) is 13.2 Å². The van der Waals surface area contributed by atoms with Crippen molar-refractivity contribution in [3.8, 4) is 0 Å². The Bertz CT molecular complexity index is 932. The van der Waals surface area contributed by atoms with Crippen LogP contribution in [-0.2, 0) is 18.9 Å². The lowest BCUT2D eigenvalue weighted by Crippen LogP contribution is -2.51. The summed E-state index contributed by atoms with van der Waals surface area (Å²) in [7, 11) is 0. The van der Waals surface area contributed by atoms with E-state index in [4.69, 9.17) is 18.9 Å². The molecule has 2 heterocycles. The zero-order chi connectivity index (χ0) is 30.1. The van der Waals surface area contributed by atoms with Crippen molar-refractivity contribution >= 4 is 0 Å². The van der Waals surface area contributed by atoms with Crippen molar-refractivity contribution in [2.24, 2.45) is 40.4 Å². The molecule has 2 aliphatic heterocycles. The molecule has 0 aromatic carbocycles. The van der Waals surface area contributed by atoms with E-state index in [2.05, 4.69) is 40.7 Å². The van der Waals surface area contributed by atoms with E-state index in [1.165, 1.54) is 96.3 Å². The van der Waals surface area contributed by atoms with Crippen LogP contribution in [0.1, 0.15) is 157 Å². The molecular weight excluding hydrogens is 532 g/mol. The van der Waals surface area contributed by atoms with Gasteiger partial charge in [-0.3, -0.25) is 0 Å². The smallest absolute Gasteiger partial charge is 0.158 e. The summed E-state index contributed by atoms with van der Waals surface area (Å²) in [5, 5.41) is 0. The molecule has 0 spiro atoms. The summed E-state index contributed by atoms with van der Waals surface area (Å²) in [6, 6.07) is 0. The van der Waals surface area contributed by atoms with Crippen LogP contribution < -0.4 is 0 Å². The maximum atomic E-state index is 6.51. The minimum absolute atomic E-state index is 0.0224. The van der Waals surface area contributed by atoms with Gasteiger partial charge in [0.25, 0.3) is 0 Å². The molecule has 4 aliphatic carbocycles. The third kappa shape index (κ3) is 7.13. The minimum atomic E-state index is -0.0700. The summed E-state index contributed by atoms with van der Waals surface area (Å²) in [5.41, 5.74) is 2.63. The number of fused-ring (bicyclic) bond motifs is 5. The predicted molar refractivity (Wildman–Crippen MR) is 175 cm³/mol. The molecule has 246 valence electrons. The van der Waals surface area contributed by atoms with Crippen LogP contribution >= 0.6 is 0 Å². The molecule has 6 rings (SSSR count). The van der Waals surface area contributed by atoms with Crippen molar-refractivity contribution in [1.82, 2.24) is 0 Å². The molecule has 0 aromatic heterocycles. The van der Waals surface area contributed by atoms with Crippen LogP contribution in [0.5, 0.6) is 0 Å². The van der Waals surface area contributed by atoms with Gasteiger partial charge in [0.1, 0.15) is 0 Å². The first kappa shape index (κ1) is 32.5. The third-order valence-electron chi connectivity index (χ3n) is 13.8. The maximum Gasteiger partial charge on any atom is 0.158 e. The van der Waals surface area contributed by atoms with E-state index in [0.29, 0.717) is 16.9 Å². The molecule has 5 fully saturated rings. The summed E-state index contributed by atoms with van der Waals surface area (Å²) in [4.78, 5) is 0. The quantitative estimate of drug-likeness (QED) is 0.175. The number of hydrogen-bond acceptors (Lipinski definition) is 4. The molecule has 43 heavy (non-hydrogen) atoms. The monoisotopic (exact) mass is 598 g/mol. The Morgan fingerprint density at radius 1 is 0.860 bits per heavy atom. The van der Waals surface area contributed by atoms with E-state index < -0.39 is 0 Å². The van der Waals surface area contributed by atoms with Crippen molar-refractivity contribution in [3.63, 3.8) is 0 Å². The second-order valence-electron chi connectivity index (χ2n) is 17.0. The van der Waals surface area contributed by atoms with E-state index in [1.807, 2.05) is 0 Å². The van der Waals surface area contributed by atoms with Crippen LogP contribution in [0.2, 0.25) is 0 Å². The first-order chi connectivity index (χ1) is 20.7. The van der Waals surface area contributed by atoms with Gasteiger partial charge in [0, 0.05) is 13.2 Å². The highest BCUT2D eigenvalue weighted by molar-refractivity contribution is 5.25. The standard InChI is InChI=1S/C39H66O4/c1-28(13-7-6-10-22-37(2,3)43-36-15-9-12-26-41-36)32-18-19-33-31-17-16-29-27-30(42-35-14-8-11-25-40-35)20-23-38(29,4)34(31)21-24-39(32,33)5/h16,28,30-36H,6-15,17-27H2,1-5H3/t28-,30+,31+,32-,33+,34+,35?,36?,38+,39-/m1/s1. The zero-order valence-electron chi connectivity index (χ0n) is 28.7. The second kappa shape index (κ2) is 13.7. The summed E-state index contributed by atoms with van der Waals surface area (Å²) in [6.45, 7) is 14.3. The van der Waals surface area contributed by atoms with Crippen LogP contribution in [0.15, 0.2) is 11.6 Å². The maximum absolute atomic E-state index is 6.51. The molecule has 0 bridgehead atoms. The van der Waals surface area contributed by atoms with Crippen molar-refractivity contribution < 1.29 is 18.9 Å². The van der Waals surface area contributed by atoms with Crippen molar-refractivity contribution in [1.29, 1.82) is 0 Å². The Morgan fingerprint density at radius 2 is 1.63 bits per heavy atom. The molecule has 3 saturated carbocycles. The van der Waals surface area contributed by atoms with E-state index in [-0.39, 0.29) is 18.2 Å². The van der Waals surface area contributed by atoms with E-state index in [0.717, 1.165) is 68.5 Å². The predicted octanol–water partition coefficient (Wildman–Crippen LogP) is 10.4. The Hall–Kier alpha value is -0.420. The fourth-order valence-corrected chi connectivity index (χ4v) is 11.4. The van der Waals surface area contributed by atoms with Gasteiger partial charge in [0.15, 0.2) is 12.6 Å². The summed E-state index contributed by atoms with van der Waals surface area (Å²) in [6.07, 6.45) is 27.6. The first-order valence-electron chi connectivity index (χ1n) is 18.9. The van der Waals surface area contributed by atoms with Crippen LogP contribution in [0.3, 0.4) is 0 Å². The van der Waals surface area contributed by atoms with Gasteiger partial charge in [-0.05, 0) is 151 Å². The number of hydrogen-bond donors (Lipinski definition) is 0. The molecule has 4 nitrogen and oxygen atoms in total. The average Bonchev–Trinajstić information content (AvgIpc) is 3.35. The van der Waals surface area contributed by atoms with Crippen molar-refractivity contribution in [2.45, 2.75) is 181 Å². The van der Waals surface area contributed by atoms with Crippen LogP contribution in [0.4, 0.5) is 0 Å². The van der Waals surface area contributed by atoms with Gasteiger partial charge in [-0.2, -0.15) is 0 Å². The Balaban J connectivity index is 0.979. The number of unbranched alkanes of at least 4 members (excludes halogenated alkanes) is 2. The number of allylic oxidation sites excluding steroid dienone is 1.